The SMILES string of the molecule is CNC(C)C(=O)NC(C)B1OC(C)(C)C(C)(CCC(C)CC(=O)O)O1. The lowest BCUT2D eigenvalue weighted by Gasteiger charge is -2.37. The quantitative estimate of drug-likeness (QED) is 0.543. The summed E-state index contributed by atoms with van der Waals surface area (Å²) in [6, 6.07) is -0.292. The van der Waals surface area contributed by atoms with E-state index in [0.29, 0.717) is 6.42 Å². The second-order valence-electron chi connectivity index (χ2n) is 7.89. The Morgan fingerprint density at radius 1 is 1.16 bits per heavy atom. The van der Waals surface area contributed by atoms with Crippen molar-refractivity contribution >= 4 is 19.0 Å². The lowest BCUT2D eigenvalue weighted by molar-refractivity contribution is -0.138. The average Bonchev–Trinajstić information content (AvgIpc) is 2.74. The second kappa shape index (κ2) is 8.51. The van der Waals surface area contributed by atoms with E-state index in [4.69, 9.17) is 14.4 Å². The van der Waals surface area contributed by atoms with Crippen molar-refractivity contribution in [2.24, 2.45) is 5.92 Å². The molecule has 0 radical (unpaired) electrons. The Morgan fingerprint density at radius 3 is 2.28 bits per heavy atom. The predicted molar refractivity (Wildman–Crippen MR) is 97.2 cm³/mol. The third kappa shape index (κ3) is 5.69. The van der Waals surface area contributed by atoms with E-state index in [1.807, 2.05) is 34.6 Å². The number of likely N-dealkylation sites (N-methyl/N-ethyl adjacent to an activating group) is 1. The van der Waals surface area contributed by atoms with Gasteiger partial charge in [0, 0.05) is 6.42 Å². The summed E-state index contributed by atoms with van der Waals surface area (Å²) in [7, 11) is 1.19. The van der Waals surface area contributed by atoms with E-state index in [0.717, 1.165) is 6.42 Å². The molecule has 1 rings (SSSR count). The van der Waals surface area contributed by atoms with Crippen molar-refractivity contribution in [3.05, 3.63) is 0 Å². The molecule has 8 heteroatoms. The molecule has 0 aliphatic carbocycles. The molecule has 1 amide bonds. The Balaban J connectivity index is 2.68. The maximum absolute atomic E-state index is 12.0. The van der Waals surface area contributed by atoms with Gasteiger partial charge in [-0.25, -0.2) is 0 Å². The van der Waals surface area contributed by atoms with E-state index in [-0.39, 0.29) is 30.2 Å². The van der Waals surface area contributed by atoms with Crippen LogP contribution in [0.15, 0.2) is 0 Å². The molecule has 3 N–H and O–H groups in total. The standard InChI is InChI=1S/C17H33BN2O5/c1-11(10-14(21)22)8-9-17(6)16(4,5)24-18(25-17)13(3)20-15(23)12(2)19-7/h11-13,19H,8-10H2,1-7H3,(H,20,23)(H,21,22). The molecule has 1 aliphatic rings. The minimum absolute atomic E-state index is 0.0707. The molecule has 1 aliphatic heterocycles. The number of aliphatic carboxylic acids is 1. The molecule has 0 aromatic rings. The number of hydrogen-bond acceptors (Lipinski definition) is 5. The molecule has 1 heterocycles. The van der Waals surface area contributed by atoms with Crippen molar-refractivity contribution in [3.63, 3.8) is 0 Å². The molecule has 144 valence electrons. The summed E-state index contributed by atoms with van der Waals surface area (Å²) in [5.74, 6) is -1.11. The topological polar surface area (TPSA) is 96.9 Å². The number of carboxylic acid groups (broad SMARTS) is 1. The van der Waals surface area contributed by atoms with E-state index in [9.17, 15) is 9.59 Å². The average molecular weight is 356 g/mol. The Labute approximate surface area is 151 Å². The fraction of sp³-hybridized carbons (Fsp3) is 0.882. The van der Waals surface area contributed by atoms with Gasteiger partial charge in [0.05, 0.1) is 23.2 Å². The normalized spacial score (nSPS) is 26.1. The Morgan fingerprint density at radius 2 is 1.76 bits per heavy atom. The molecule has 4 atom stereocenters. The number of carboxylic acids is 1. The van der Waals surface area contributed by atoms with Crippen LogP contribution in [0.25, 0.3) is 0 Å². The van der Waals surface area contributed by atoms with Crippen LogP contribution in [0, 0.1) is 5.92 Å². The van der Waals surface area contributed by atoms with Crippen LogP contribution in [-0.4, -0.2) is 54.3 Å². The van der Waals surface area contributed by atoms with Crippen molar-refractivity contribution in [1.29, 1.82) is 0 Å². The molecule has 25 heavy (non-hydrogen) atoms. The predicted octanol–water partition coefficient (Wildman–Crippen LogP) is 1.60. The van der Waals surface area contributed by atoms with E-state index in [1.54, 1.807) is 14.0 Å². The van der Waals surface area contributed by atoms with E-state index in [1.165, 1.54) is 0 Å². The largest absolute Gasteiger partial charge is 0.481 e. The molecular weight excluding hydrogens is 323 g/mol. The molecule has 1 saturated heterocycles. The highest BCUT2D eigenvalue weighted by molar-refractivity contribution is 6.47. The fourth-order valence-corrected chi connectivity index (χ4v) is 2.87. The Kier molecular flexibility index (Phi) is 7.47. The van der Waals surface area contributed by atoms with Crippen LogP contribution in [0.3, 0.4) is 0 Å². The van der Waals surface area contributed by atoms with Crippen LogP contribution in [0.1, 0.15) is 60.8 Å². The number of hydrogen-bond donors (Lipinski definition) is 3. The lowest BCUT2D eigenvalue weighted by Crippen LogP contribution is -2.51. The minimum Gasteiger partial charge on any atom is -0.481 e. The van der Waals surface area contributed by atoms with Crippen LogP contribution in [0.2, 0.25) is 0 Å². The van der Waals surface area contributed by atoms with Crippen LogP contribution >= 0.6 is 0 Å². The van der Waals surface area contributed by atoms with Gasteiger partial charge in [-0.1, -0.05) is 6.92 Å². The fourth-order valence-electron chi connectivity index (χ4n) is 2.87. The Bertz CT molecular complexity index is 488. The molecule has 7 nitrogen and oxygen atoms in total. The van der Waals surface area contributed by atoms with Crippen molar-refractivity contribution < 1.29 is 24.0 Å². The van der Waals surface area contributed by atoms with E-state index < -0.39 is 24.3 Å². The molecule has 1 fully saturated rings. The molecular formula is C17H33BN2O5. The first-order valence-electron chi connectivity index (χ1n) is 8.97. The van der Waals surface area contributed by atoms with Gasteiger partial charge < -0.3 is 25.0 Å². The molecule has 0 aromatic carbocycles. The number of carbonyl (C=O) groups is 2. The lowest BCUT2D eigenvalue weighted by atomic mass is 9.79. The van der Waals surface area contributed by atoms with Crippen molar-refractivity contribution in [3.8, 4) is 0 Å². The highest BCUT2D eigenvalue weighted by Crippen LogP contribution is 2.42. The molecule has 0 bridgehead atoms. The maximum atomic E-state index is 12.0. The summed E-state index contributed by atoms with van der Waals surface area (Å²) in [6.45, 7) is 11.5. The second-order valence-corrected chi connectivity index (χ2v) is 7.89. The van der Waals surface area contributed by atoms with Crippen molar-refractivity contribution in [1.82, 2.24) is 10.6 Å². The number of nitrogens with one attached hydrogen (secondary N) is 2. The van der Waals surface area contributed by atoms with Crippen molar-refractivity contribution in [2.75, 3.05) is 7.05 Å². The molecule has 0 aromatic heterocycles. The number of rotatable bonds is 9. The third-order valence-electron chi connectivity index (χ3n) is 5.30. The zero-order chi connectivity index (χ0) is 19.4. The minimum atomic E-state index is -0.784. The smallest absolute Gasteiger partial charge is 0.481 e. The van der Waals surface area contributed by atoms with E-state index in [2.05, 4.69) is 10.6 Å². The maximum Gasteiger partial charge on any atom is 0.481 e. The van der Waals surface area contributed by atoms with Crippen LogP contribution in [-0.2, 0) is 18.9 Å². The zero-order valence-corrected chi connectivity index (χ0v) is 16.5. The van der Waals surface area contributed by atoms with Crippen molar-refractivity contribution in [2.45, 2.75) is 84.0 Å². The van der Waals surface area contributed by atoms with Crippen LogP contribution in [0.5, 0.6) is 0 Å². The first-order chi connectivity index (χ1) is 11.4. The van der Waals surface area contributed by atoms with Gasteiger partial charge in [0.2, 0.25) is 5.91 Å². The highest BCUT2D eigenvalue weighted by Gasteiger charge is 2.55. The van der Waals surface area contributed by atoms with E-state index >= 15 is 0 Å². The molecule has 0 spiro atoms. The van der Waals surface area contributed by atoms with Gasteiger partial charge in [-0.2, -0.15) is 0 Å². The first kappa shape index (κ1) is 21.9. The van der Waals surface area contributed by atoms with Gasteiger partial charge in [0.1, 0.15) is 0 Å². The van der Waals surface area contributed by atoms with Gasteiger partial charge >= 0.3 is 13.1 Å². The summed E-state index contributed by atoms with van der Waals surface area (Å²) >= 11 is 0. The zero-order valence-electron chi connectivity index (χ0n) is 16.5. The number of carbonyl (C=O) groups excluding carboxylic acids is 1. The van der Waals surface area contributed by atoms with Gasteiger partial charge in [0.15, 0.2) is 0 Å². The van der Waals surface area contributed by atoms with Gasteiger partial charge in [-0.3, -0.25) is 9.59 Å². The third-order valence-corrected chi connectivity index (χ3v) is 5.30. The molecule has 4 unspecified atom stereocenters. The Hall–Kier alpha value is -1.12. The highest BCUT2D eigenvalue weighted by atomic mass is 16.7. The number of amides is 1. The molecule has 0 saturated carbocycles. The van der Waals surface area contributed by atoms with Crippen LogP contribution in [0.4, 0.5) is 0 Å². The van der Waals surface area contributed by atoms with Crippen LogP contribution < -0.4 is 10.6 Å². The monoisotopic (exact) mass is 356 g/mol. The van der Waals surface area contributed by atoms with Gasteiger partial charge in [-0.15, -0.1) is 0 Å². The summed E-state index contributed by atoms with van der Waals surface area (Å²) in [6.07, 6.45) is 1.58. The first-order valence-corrected chi connectivity index (χ1v) is 8.97. The summed E-state index contributed by atoms with van der Waals surface area (Å²) in [4.78, 5) is 22.9. The summed E-state index contributed by atoms with van der Waals surface area (Å²) < 4.78 is 12.3. The van der Waals surface area contributed by atoms with Gasteiger partial charge in [0.25, 0.3) is 0 Å². The van der Waals surface area contributed by atoms with Gasteiger partial charge in [-0.05, 0) is 60.4 Å². The summed E-state index contributed by atoms with van der Waals surface area (Å²) in [5.41, 5.74) is -1.08. The summed E-state index contributed by atoms with van der Waals surface area (Å²) in [5, 5.41) is 14.7.